The summed E-state index contributed by atoms with van der Waals surface area (Å²) in [6, 6.07) is 2.01. The summed E-state index contributed by atoms with van der Waals surface area (Å²) >= 11 is 5.23. The monoisotopic (exact) mass is 250 g/mol. The molecule has 1 N–H and O–H groups in total. The van der Waals surface area contributed by atoms with Crippen molar-refractivity contribution in [3.63, 3.8) is 0 Å². The third-order valence-corrected chi connectivity index (χ3v) is 3.73. The number of aromatic amines is 1. The van der Waals surface area contributed by atoms with Gasteiger partial charge in [-0.15, -0.1) is 0 Å². The first-order valence-electron chi connectivity index (χ1n) is 6.53. The molecule has 1 aromatic rings. The van der Waals surface area contributed by atoms with Crippen LogP contribution in [-0.2, 0) is 11.2 Å². The Hall–Kier alpha value is -0.740. The van der Waals surface area contributed by atoms with Crippen LogP contribution in [0.1, 0.15) is 49.5 Å². The molecule has 2 heterocycles. The standard InChI is InChI=1S/C13H18N2OS/c17-13-8-11(9-4-5-9)14-12(15-13)7-10-3-1-2-6-16-10/h8-10H,1-7H2,(H,14,15,17). The molecule has 2 fully saturated rings. The van der Waals surface area contributed by atoms with E-state index in [1.807, 2.05) is 6.07 Å². The van der Waals surface area contributed by atoms with E-state index in [2.05, 4.69) is 9.97 Å². The Bertz CT molecular complexity index is 447. The lowest BCUT2D eigenvalue weighted by molar-refractivity contribution is 0.0156. The highest BCUT2D eigenvalue weighted by Gasteiger charge is 2.25. The third-order valence-electron chi connectivity index (χ3n) is 3.52. The van der Waals surface area contributed by atoms with Crippen LogP contribution in [-0.4, -0.2) is 22.7 Å². The summed E-state index contributed by atoms with van der Waals surface area (Å²) in [4.78, 5) is 7.85. The first-order valence-corrected chi connectivity index (χ1v) is 6.94. The third kappa shape index (κ3) is 2.93. The molecule has 0 bridgehead atoms. The van der Waals surface area contributed by atoms with Crippen molar-refractivity contribution >= 4 is 12.2 Å². The van der Waals surface area contributed by atoms with Crippen LogP contribution in [0.15, 0.2) is 6.07 Å². The summed E-state index contributed by atoms with van der Waals surface area (Å²) in [7, 11) is 0. The van der Waals surface area contributed by atoms with Gasteiger partial charge in [-0.25, -0.2) is 4.98 Å². The lowest BCUT2D eigenvalue weighted by atomic mass is 10.1. The Morgan fingerprint density at radius 3 is 2.94 bits per heavy atom. The fraction of sp³-hybridized carbons (Fsp3) is 0.692. The molecule has 0 spiro atoms. The van der Waals surface area contributed by atoms with Crippen LogP contribution in [0.25, 0.3) is 0 Å². The van der Waals surface area contributed by atoms with E-state index in [1.165, 1.54) is 31.4 Å². The fourth-order valence-electron chi connectivity index (χ4n) is 2.42. The minimum Gasteiger partial charge on any atom is -0.378 e. The van der Waals surface area contributed by atoms with Gasteiger partial charge >= 0.3 is 0 Å². The van der Waals surface area contributed by atoms with Gasteiger partial charge in [-0.2, -0.15) is 0 Å². The van der Waals surface area contributed by atoms with Crippen LogP contribution < -0.4 is 0 Å². The van der Waals surface area contributed by atoms with Gasteiger partial charge in [0.15, 0.2) is 0 Å². The molecular formula is C13H18N2OS. The second-order valence-electron chi connectivity index (χ2n) is 5.09. The normalized spacial score (nSPS) is 24.8. The van der Waals surface area contributed by atoms with E-state index >= 15 is 0 Å². The first kappa shape index (κ1) is 11.4. The number of H-pyrrole nitrogens is 1. The predicted octanol–water partition coefficient (Wildman–Crippen LogP) is 3.13. The van der Waals surface area contributed by atoms with Crippen LogP contribution >= 0.6 is 12.2 Å². The second-order valence-corrected chi connectivity index (χ2v) is 5.51. The Morgan fingerprint density at radius 1 is 1.35 bits per heavy atom. The van der Waals surface area contributed by atoms with Crippen molar-refractivity contribution in [3.8, 4) is 0 Å². The zero-order valence-electron chi connectivity index (χ0n) is 9.95. The van der Waals surface area contributed by atoms with Gasteiger partial charge in [0.1, 0.15) is 10.5 Å². The van der Waals surface area contributed by atoms with Crippen molar-refractivity contribution in [2.24, 2.45) is 0 Å². The quantitative estimate of drug-likeness (QED) is 0.838. The van der Waals surface area contributed by atoms with E-state index in [1.54, 1.807) is 0 Å². The largest absolute Gasteiger partial charge is 0.378 e. The summed E-state index contributed by atoms with van der Waals surface area (Å²) in [6.07, 6.45) is 7.40. The number of ether oxygens (including phenoxy) is 1. The zero-order chi connectivity index (χ0) is 11.7. The van der Waals surface area contributed by atoms with Crippen LogP contribution in [0.5, 0.6) is 0 Å². The average molecular weight is 250 g/mol. The molecular weight excluding hydrogens is 232 g/mol. The molecule has 1 aliphatic heterocycles. The van der Waals surface area contributed by atoms with Crippen molar-refractivity contribution in [1.82, 2.24) is 9.97 Å². The van der Waals surface area contributed by atoms with E-state index in [9.17, 15) is 0 Å². The summed E-state index contributed by atoms with van der Waals surface area (Å²) in [5.74, 6) is 1.71. The molecule has 0 radical (unpaired) electrons. The molecule has 1 saturated carbocycles. The zero-order valence-corrected chi connectivity index (χ0v) is 10.8. The van der Waals surface area contributed by atoms with E-state index < -0.39 is 0 Å². The Morgan fingerprint density at radius 2 is 2.24 bits per heavy atom. The van der Waals surface area contributed by atoms with Crippen molar-refractivity contribution in [3.05, 3.63) is 22.2 Å². The second kappa shape index (κ2) is 4.86. The Labute approximate surface area is 107 Å². The topological polar surface area (TPSA) is 37.9 Å². The van der Waals surface area contributed by atoms with Gasteiger partial charge in [0, 0.05) is 18.7 Å². The van der Waals surface area contributed by atoms with Crippen LogP contribution in [0, 0.1) is 4.64 Å². The van der Waals surface area contributed by atoms with Crippen molar-refractivity contribution < 1.29 is 4.74 Å². The van der Waals surface area contributed by atoms with Gasteiger partial charge in [0.2, 0.25) is 0 Å². The maximum absolute atomic E-state index is 5.74. The molecule has 1 unspecified atom stereocenters. The Balaban J connectivity index is 1.74. The minimum atomic E-state index is 0.330. The Kier molecular flexibility index (Phi) is 3.25. The summed E-state index contributed by atoms with van der Waals surface area (Å²) in [5.41, 5.74) is 1.27. The highest BCUT2D eigenvalue weighted by molar-refractivity contribution is 7.71. The molecule has 3 nitrogen and oxygen atoms in total. The number of hydrogen-bond acceptors (Lipinski definition) is 3. The highest BCUT2D eigenvalue weighted by atomic mass is 32.1. The first-order chi connectivity index (χ1) is 8.31. The summed E-state index contributed by atoms with van der Waals surface area (Å²) in [6.45, 7) is 0.897. The van der Waals surface area contributed by atoms with E-state index in [4.69, 9.17) is 17.0 Å². The molecule has 4 heteroatoms. The maximum atomic E-state index is 5.74. The van der Waals surface area contributed by atoms with Crippen molar-refractivity contribution in [2.45, 2.75) is 50.5 Å². The van der Waals surface area contributed by atoms with Crippen molar-refractivity contribution in [2.75, 3.05) is 6.61 Å². The summed E-state index contributed by atoms with van der Waals surface area (Å²) < 4.78 is 6.46. The van der Waals surface area contributed by atoms with Crippen LogP contribution in [0.4, 0.5) is 0 Å². The molecule has 0 amide bonds. The van der Waals surface area contributed by atoms with Gasteiger partial charge in [-0.1, -0.05) is 12.2 Å². The summed E-state index contributed by atoms with van der Waals surface area (Å²) in [5, 5.41) is 0. The molecule has 1 saturated heterocycles. The molecule has 92 valence electrons. The molecule has 17 heavy (non-hydrogen) atoms. The van der Waals surface area contributed by atoms with Gasteiger partial charge in [-0.05, 0) is 44.1 Å². The SMILES string of the molecule is S=c1cc(C2CC2)[nH]c(CC2CCCCO2)n1. The number of nitrogens with zero attached hydrogens (tertiary/aromatic N) is 1. The van der Waals surface area contributed by atoms with Gasteiger partial charge in [0.25, 0.3) is 0 Å². The maximum Gasteiger partial charge on any atom is 0.129 e. The number of aromatic nitrogens is 2. The molecule has 2 aliphatic rings. The van der Waals surface area contributed by atoms with E-state index in [0.29, 0.717) is 12.0 Å². The highest BCUT2D eigenvalue weighted by Crippen LogP contribution is 2.38. The van der Waals surface area contributed by atoms with E-state index in [-0.39, 0.29) is 0 Å². The number of hydrogen-bond donors (Lipinski definition) is 1. The molecule has 0 aromatic carbocycles. The molecule has 3 rings (SSSR count). The van der Waals surface area contributed by atoms with Gasteiger partial charge in [0.05, 0.1) is 6.10 Å². The number of nitrogens with one attached hydrogen (secondary N) is 1. The lowest BCUT2D eigenvalue weighted by Crippen LogP contribution is -2.22. The fourth-order valence-corrected chi connectivity index (χ4v) is 2.66. The number of rotatable bonds is 3. The molecule has 1 aliphatic carbocycles. The molecule has 1 aromatic heterocycles. The van der Waals surface area contributed by atoms with Gasteiger partial charge < -0.3 is 9.72 Å². The van der Waals surface area contributed by atoms with Crippen LogP contribution in [0.2, 0.25) is 0 Å². The lowest BCUT2D eigenvalue weighted by Gasteiger charge is -2.22. The van der Waals surface area contributed by atoms with Crippen molar-refractivity contribution in [1.29, 1.82) is 0 Å². The van der Waals surface area contributed by atoms with E-state index in [0.717, 1.165) is 29.9 Å². The van der Waals surface area contributed by atoms with Gasteiger partial charge in [-0.3, -0.25) is 0 Å². The minimum absolute atomic E-state index is 0.330. The predicted molar refractivity (Wildman–Crippen MR) is 68.7 cm³/mol. The molecule has 1 atom stereocenters. The average Bonchev–Trinajstić information content (AvgIpc) is 3.13. The van der Waals surface area contributed by atoms with Crippen LogP contribution in [0.3, 0.4) is 0 Å². The smallest absolute Gasteiger partial charge is 0.129 e.